The maximum absolute atomic E-state index is 11.9. The van der Waals surface area contributed by atoms with Gasteiger partial charge in [-0.3, -0.25) is 9.69 Å². The molecule has 4 nitrogen and oxygen atoms in total. The van der Waals surface area contributed by atoms with Crippen molar-refractivity contribution in [1.29, 1.82) is 0 Å². The van der Waals surface area contributed by atoms with Crippen molar-refractivity contribution < 1.29 is 9.53 Å². The number of hydrogen-bond donors (Lipinski definition) is 1. The highest BCUT2D eigenvalue weighted by Crippen LogP contribution is 2.48. The van der Waals surface area contributed by atoms with Gasteiger partial charge in [0.15, 0.2) is 0 Å². The SMILES string of the molecule is CN(Cc1ccccc1)C1CCC2(CC1)CNC(=O)C1(CC1)O2. The molecule has 1 aromatic rings. The number of carbonyl (C=O) groups excluding carboxylic acids is 1. The van der Waals surface area contributed by atoms with E-state index in [0.29, 0.717) is 12.6 Å². The van der Waals surface area contributed by atoms with Crippen molar-refractivity contribution in [2.24, 2.45) is 0 Å². The molecule has 3 aliphatic rings. The monoisotopic (exact) mass is 314 g/mol. The van der Waals surface area contributed by atoms with Crippen LogP contribution in [0.25, 0.3) is 0 Å². The van der Waals surface area contributed by atoms with Gasteiger partial charge in [-0.1, -0.05) is 30.3 Å². The Balaban J connectivity index is 1.35. The molecule has 0 aromatic heterocycles. The summed E-state index contributed by atoms with van der Waals surface area (Å²) in [6.07, 6.45) is 6.21. The molecule has 124 valence electrons. The fraction of sp³-hybridized carbons (Fsp3) is 0.632. The fourth-order valence-corrected chi connectivity index (χ4v) is 4.19. The Hall–Kier alpha value is -1.39. The van der Waals surface area contributed by atoms with Gasteiger partial charge in [-0.2, -0.15) is 0 Å². The molecule has 1 N–H and O–H groups in total. The lowest BCUT2D eigenvalue weighted by Crippen LogP contribution is -2.60. The van der Waals surface area contributed by atoms with Gasteiger partial charge in [0, 0.05) is 19.1 Å². The largest absolute Gasteiger partial charge is 0.357 e. The minimum Gasteiger partial charge on any atom is -0.357 e. The Morgan fingerprint density at radius 1 is 1.17 bits per heavy atom. The summed E-state index contributed by atoms with van der Waals surface area (Å²) in [7, 11) is 2.22. The van der Waals surface area contributed by atoms with E-state index in [4.69, 9.17) is 4.74 Å². The van der Waals surface area contributed by atoms with E-state index >= 15 is 0 Å². The molecule has 2 aliphatic carbocycles. The van der Waals surface area contributed by atoms with E-state index in [0.717, 1.165) is 45.1 Å². The highest BCUT2D eigenvalue weighted by atomic mass is 16.5. The van der Waals surface area contributed by atoms with Crippen LogP contribution in [-0.2, 0) is 16.1 Å². The maximum Gasteiger partial charge on any atom is 0.252 e. The number of rotatable bonds is 3. The third-order valence-electron chi connectivity index (χ3n) is 5.87. The second-order valence-corrected chi connectivity index (χ2v) is 7.59. The van der Waals surface area contributed by atoms with Crippen molar-refractivity contribution in [3.05, 3.63) is 35.9 Å². The molecule has 2 spiro atoms. The first-order chi connectivity index (χ1) is 11.1. The molecule has 4 heteroatoms. The Morgan fingerprint density at radius 2 is 1.87 bits per heavy atom. The first-order valence-corrected chi connectivity index (χ1v) is 8.84. The van der Waals surface area contributed by atoms with Gasteiger partial charge >= 0.3 is 0 Å². The summed E-state index contributed by atoms with van der Waals surface area (Å²) in [5.41, 5.74) is 0.809. The van der Waals surface area contributed by atoms with Gasteiger partial charge in [-0.15, -0.1) is 0 Å². The first kappa shape index (κ1) is 15.2. The zero-order valence-corrected chi connectivity index (χ0v) is 13.9. The molecule has 1 amide bonds. The number of nitrogens with one attached hydrogen (secondary N) is 1. The summed E-state index contributed by atoms with van der Waals surface area (Å²) in [4.78, 5) is 14.4. The van der Waals surface area contributed by atoms with E-state index in [-0.39, 0.29) is 11.5 Å². The minimum absolute atomic E-state index is 0.103. The van der Waals surface area contributed by atoms with Crippen molar-refractivity contribution in [3.63, 3.8) is 0 Å². The van der Waals surface area contributed by atoms with Crippen molar-refractivity contribution in [3.8, 4) is 0 Å². The van der Waals surface area contributed by atoms with E-state index in [9.17, 15) is 4.79 Å². The summed E-state index contributed by atoms with van der Waals surface area (Å²) in [5, 5.41) is 3.10. The predicted molar refractivity (Wildman–Crippen MR) is 89.0 cm³/mol. The number of benzene rings is 1. The fourth-order valence-electron chi connectivity index (χ4n) is 4.19. The zero-order chi connectivity index (χ0) is 15.9. The standard InChI is InChI=1S/C19H26N2O2/c1-21(13-15-5-3-2-4-6-15)16-7-9-18(10-8-16)14-20-17(22)19(23-18)11-12-19/h2-6,16H,7-14H2,1H3,(H,20,22). The lowest BCUT2D eigenvalue weighted by Gasteiger charge is -2.47. The van der Waals surface area contributed by atoms with E-state index in [1.165, 1.54) is 5.56 Å². The minimum atomic E-state index is -0.457. The van der Waals surface area contributed by atoms with E-state index in [1.54, 1.807) is 0 Å². The second kappa shape index (κ2) is 5.60. The number of ether oxygens (including phenoxy) is 1. The van der Waals surface area contributed by atoms with E-state index in [2.05, 4.69) is 47.6 Å². The lowest BCUT2D eigenvalue weighted by atomic mass is 9.80. The average molecular weight is 314 g/mol. The summed E-state index contributed by atoms with van der Waals surface area (Å²) >= 11 is 0. The van der Waals surface area contributed by atoms with Gasteiger partial charge in [0.25, 0.3) is 5.91 Å². The third-order valence-corrected chi connectivity index (χ3v) is 5.87. The second-order valence-electron chi connectivity index (χ2n) is 7.59. The van der Waals surface area contributed by atoms with E-state index in [1.807, 2.05) is 0 Å². The van der Waals surface area contributed by atoms with Crippen LogP contribution in [0.15, 0.2) is 30.3 Å². The highest BCUT2D eigenvalue weighted by Gasteiger charge is 2.59. The molecule has 4 rings (SSSR count). The number of hydrogen-bond acceptors (Lipinski definition) is 3. The van der Waals surface area contributed by atoms with Crippen LogP contribution < -0.4 is 5.32 Å². The van der Waals surface area contributed by atoms with Gasteiger partial charge in [0.05, 0.1) is 5.60 Å². The molecule has 0 bridgehead atoms. The quantitative estimate of drug-likeness (QED) is 0.932. The molecule has 0 atom stereocenters. The van der Waals surface area contributed by atoms with Gasteiger partial charge in [-0.25, -0.2) is 0 Å². The number of carbonyl (C=O) groups is 1. The molecule has 1 aromatic carbocycles. The van der Waals surface area contributed by atoms with Crippen LogP contribution >= 0.6 is 0 Å². The van der Waals surface area contributed by atoms with Crippen LogP contribution in [0.4, 0.5) is 0 Å². The molecule has 3 fully saturated rings. The Bertz CT molecular complexity index is 574. The van der Waals surface area contributed by atoms with Gasteiger partial charge < -0.3 is 10.1 Å². The molecular formula is C19H26N2O2. The smallest absolute Gasteiger partial charge is 0.252 e. The van der Waals surface area contributed by atoms with Gasteiger partial charge in [0.2, 0.25) is 0 Å². The number of amides is 1. The number of nitrogens with zero attached hydrogens (tertiary/aromatic N) is 1. The van der Waals surface area contributed by atoms with Crippen molar-refractivity contribution in [2.75, 3.05) is 13.6 Å². The van der Waals surface area contributed by atoms with Crippen molar-refractivity contribution in [1.82, 2.24) is 10.2 Å². The summed E-state index contributed by atoms with van der Waals surface area (Å²) in [5.74, 6) is 0.117. The summed E-state index contributed by atoms with van der Waals surface area (Å²) in [6, 6.07) is 11.3. The molecule has 23 heavy (non-hydrogen) atoms. The molecule has 1 aliphatic heterocycles. The van der Waals surface area contributed by atoms with Crippen molar-refractivity contribution >= 4 is 5.91 Å². The molecule has 0 radical (unpaired) electrons. The molecule has 2 saturated carbocycles. The van der Waals surface area contributed by atoms with Crippen LogP contribution in [0.3, 0.4) is 0 Å². The summed E-state index contributed by atoms with van der Waals surface area (Å²) < 4.78 is 6.34. The average Bonchev–Trinajstić information content (AvgIpc) is 3.33. The van der Waals surface area contributed by atoms with Crippen LogP contribution in [0.5, 0.6) is 0 Å². The van der Waals surface area contributed by atoms with Crippen molar-refractivity contribution in [2.45, 2.75) is 62.3 Å². The highest BCUT2D eigenvalue weighted by molar-refractivity contribution is 5.88. The Kier molecular flexibility index (Phi) is 3.69. The Morgan fingerprint density at radius 3 is 2.52 bits per heavy atom. The van der Waals surface area contributed by atoms with Crippen LogP contribution in [0.1, 0.15) is 44.1 Å². The molecule has 1 heterocycles. The van der Waals surface area contributed by atoms with E-state index < -0.39 is 5.60 Å². The lowest BCUT2D eigenvalue weighted by molar-refractivity contribution is -0.177. The van der Waals surface area contributed by atoms with Crippen LogP contribution in [0.2, 0.25) is 0 Å². The summed E-state index contributed by atoms with van der Waals surface area (Å²) in [6.45, 7) is 1.70. The van der Waals surface area contributed by atoms with Crippen LogP contribution in [0, 0.1) is 0 Å². The van der Waals surface area contributed by atoms with Gasteiger partial charge in [0.1, 0.15) is 5.60 Å². The third kappa shape index (κ3) is 2.90. The van der Waals surface area contributed by atoms with Gasteiger partial charge in [-0.05, 0) is 51.1 Å². The number of morpholine rings is 1. The topological polar surface area (TPSA) is 41.6 Å². The zero-order valence-electron chi connectivity index (χ0n) is 13.9. The van der Waals surface area contributed by atoms with Crippen LogP contribution in [-0.4, -0.2) is 41.6 Å². The molecular weight excluding hydrogens is 288 g/mol. The normalized spacial score (nSPS) is 32.3. The first-order valence-electron chi connectivity index (χ1n) is 8.84. The predicted octanol–water partition coefficient (Wildman–Crippen LogP) is 2.48. The maximum atomic E-state index is 11.9. The molecule has 1 saturated heterocycles. The molecule has 0 unspecified atom stereocenters. The Labute approximate surface area is 138 Å².